The molecule has 100 valence electrons. The molecule has 0 radical (unpaired) electrons. The first kappa shape index (κ1) is 15.4. The zero-order valence-corrected chi connectivity index (χ0v) is 14.7. The van der Waals surface area contributed by atoms with Gasteiger partial charge in [-0.25, -0.2) is 8.78 Å². The Hall–Kier alpha value is 0.0300. The van der Waals surface area contributed by atoms with Gasteiger partial charge in [0.15, 0.2) is 0 Å². The molecule has 0 heterocycles. The second-order valence-corrected chi connectivity index (χ2v) is 6.98. The molecule has 2 aromatic rings. The molecule has 6 heteroatoms. The molecular formula is C13H6Br3ClF2. The normalized spacial score (nSPS) is 12.5. The van der Waals surface area contributed by atoms with Gasteiger partial charge in [0.25, 0.3) is 0 Å². The lowest BCUT2D eigenvalue weighted by Crippen LogP contribution is -1.99. The SMILES string of the molecule is Fc1cc(C(Cl)c2cc(Br)cc(Br)c2)c(F)cc1Br. The van der Waals surface area contributed by atoms with Crippen LogP contribution in [0.4, 0.5) is 8.78 Å². The molecule has 0 aliphatic carbocycles. The molecule has 0 aliphatic heterocycles. The molecule has 1 atom stereocenters. The molecule has 2 rings (SSSR count). The van der Waals surface area contributed by atoms with Crippen LogP contribution in [0.5, 0.6) is 0 Å². The quantitative estimate of drug-likeness (QED) is 0.340. The van der Waals surface area contributed by atoms with E-state index in [1.54, 1.807) is 12.1 Å². The maximum Gasteiger partial charge on any atom is 0.137 e. The van der Waals surface area contributed by atoms with Crippen molar-refractivity contribution in [3.05, 3.63) is 66.5 Å². The predicted molar refractivity (Wildman–Crippen MR) is 83.6 cm³/mol. The minimum atomic E-state index is -0.767. The number of hydrogen-bond donors (Lipinski definition) is 0. The first-order chi connectivity index (χ1) is 8.88. The van der Waals surface area contributed by atoms with Crippen LogP contribution >= 0.6 is 59.4 Å². The summed E-state index contributed by atoms with van der Waals surface area (Å²) < 4.78 is 29.1. The monoisotopic (exact) mass is 472 g/mol. The lowest BCUT2D eigenvalue weighted by molar-refractivity contribution is 0.582. The fourth-order valence-electron chi connectivity index (χ4n) is 1.63. The van der Waals surface area contributed by atoms with Crippen molar-refractivity contribution >= 4 is 59.4 Å². The van der Waals surface area contributed by atoms with Gasteiger partial charge in [-0.05, 0) is 51.8 Å². The highest BCUT2D eigenvalue weighted by Gasteiger charge is 2.18. The lowest BCUT2D eigenvalue weighted by Gasteiger charge is -2.13. The molecule has 1 unspecified atom stereocenters. The van der Waals surface area contributed by atoms with E-state index in [1.807, 2.05) is 6.07 Å². The molecule has 0 bridgehead atoms. The minimum absolute atomic E-state index is 0.0769. The molecule has 0 aromatic heterocycles. The second kappa shape index (κ2) is 6.20. The van der Waals surface area contributed by atoms with E-state index in [4.69, 9.17) is 11.6 Å². The smallest absolute Gasteiger partial charge is 0.137 e. The highest BCUT2D eigenvalue weighted by Crippen LogP contribution is 2.35. The summed E-state index contributed by atoms with van der Waals surface area (Å²) in [7, 11) is 0. The molecule has 2 aromatic carbocycles. The van der Waals surface area contributed by atoms with Crippen molar-refractivity contribution in [1.29, 1.82) is 0 Å². The first-order valence-corrected chi connectivity index (χ1v) is 7.94. The van der Waals surface area contributed by atoms with E-state index >= 15 is 0 Å². The van der Waals surface area contributed by atoms with Crippen molar-refractivity contribution in [1.82, 2.24) is 0 Å². The number of rotatable bonds is 2. The van der Waals surface area contributed by atoms with Crippen molar-refractivity contribution < 1.29 is 8.78 Å². The number of benzene rings is 2. The third kappa shape index (κ3) is 3.57. The van der Waals surface area contributed by atoms with Gasteiger partial charge in [0.2, 0.25) is 0 Å². The molecule has 0 aliphatic rings. The molecule has 0 spiro atoms. The van der Waals surface area contributed by atoms with Gasteiger partial charge in [-0.1, -0.05) is 31.9 Å². The largest absolute Gasteiger partial charge is 0.207 e. The average Bonchev–Trinajstić information content (AvgIpc) is 2.31. The van der Waals surface area contributed by atoms with Crippen LogP contribution < -0.4 is 0 Å². The maximum absolute atomic E-state index is 13.9. The third-order valence-corrected chi connectivity index (χ3v) is 4.50. The fourth-order valence-corrected chi connectivity index (χ4v) is 3.57. The Bertz CT molecular complexity index is 611. The molecule has 0 saturated carbocycles. The summed E-state index contributed by atoms with van der Waals surface area (Å²) in [6.07, 6.45) is 0. The molecule has 0 amide bonds. The molecule has 0 nitrogen and oxygen atoms in total. The predicted octanol–water partition coefficient (Wildman–Crippen LogP) is 6.58. The van der Waals surface area contributed by atoms with E-state index < -0.39 is 17.0 Å². The van der Waals surface area contributed by atoms with Crippen LogP contribution in [0.3, 0.4) is 0 Å². The van der Waals surface area contributed by atoms with Gasteiger partial charge >= 0.3 is 0 Å². The molecular weight excluding hydrogens is 469 g/mol. The third-order valence-electron chi connectivity index (χ3n) is 2.49. The Morgan fingerprint density at radius 2 is 1.42 bits per heavy atom. The Morgan fingerprint density at radius 1 is 0.842 bits per heavy atom. The highest BCUT2D eigenvalue weighted by atomic mass is 79.9. The summed E-state index contributed by atoms with van der Waals surface area (Å²) in [6.45, 7) is 0. The van der Waals surface area contributed by atoms with Crippen LogP contribution in [0.15, 0.2) is 43.7 Å². The van der Waals surface area contributed by atoms with E-state index in [0.29, 0.717) is 5.56 Å². The van der Waals surface area contributed by atoms with Crippen LogP contribution in [-0.2, 0) is 0 Å². The van der Waals surface area contributed by atoms with Gasteiger partial charge < -0.3 is 0 Å². The Balaban J connectivity index is 2.49. The molecule has 0 fully saturated rings. The highest BCUT2D eigenvalue weighted by molar-refractivity contribution is 9.11. The molecule has 0 saturated heterocycles. The molecule has 0 N–H and O–H groups in total. The van der Waals surface area contributed by atoms with Gasteiger partial charge in [-0.15, -0.1) is 11.6 Å². The summed E-state index contributed by atoms with van der Waals surface area (Å²) in [5.74, 6) is -1.10. The van der Waals surface area contributed by atoms with E-state index in [-0.39, 0.29) is 10.0 Å². The van der Waals surface area contributed by atoms with Crippen LogP contribution in [0, 0.1) is 11.6 Å². The van der Waals surface area contributed by atoms with Crippen molar-refractivity contribution in [2.75, 3.05) is 0 Å². The Kier molecular flexibility index (Phi) is 5.04. The van der Waals surface area contributed by atoms with Crippen molar-refractivity contribution in [3.8, 4) is 0 Å². The summed E-state index contributed by atoms with van der Waals surface area (Å²) >= 11 is 15.8. The van der Waals surface area contributed by atoms with E-state index in [9.17, 15) is 8.78 Å². The van der Waals surface area contributed by atoms with Crippen LogP contribution in [-0.4, -0.2) is 0 Å². The van der Waals surface area contributed by atoms with Crippen LogP contribution in [0.1, 0.15) is 16.5 Å². The van der Waals surface area contributed by atoms with Crippen LogP contribution in [0.2, 0.25) is 0 Å². The summed E-state index contributed by atoms with van der Waals surface area (Å²) in [5, 5.41) is -0.767. The van der Waals surface area contributed by atoms with Crippen molar-refractivity contribution in [2.24, 2.45) is 0 Å². The average molecular weight is 475 g/mol. The number of alkyl halides is 1. The van der Waals surface area contributed by atoms with Gasteiger partial charge in [-0.2, -0.15) is 0 Å². The lowest BCUT2D eigenvalue weighted by atomic mass is 10.0. The van der Waals surface area contributed by atoms with Crippen LogP contribution in [0.25, 0.3) is 0 Å². The summed E-state index contributed by atoms with van der Waals surface area (Å²) in [4.78, 5) is 0. The second-order valence-electron chi connectivity index (χ2n) is 3.85. The van der Waals surface area contributed by atoms with Gasteiger partial charge in [0, 0.05) is 14.5 Å². The zero-order chi connectivity index (χ0) is 14.2. The van der Waals surface area contributed by atoms with E-state index in [0.717, 1.165) is 21.1 Å². The van der Waals surface area contributed by atoms with E-state index in [1.165, 1.54) is 0 Å². The minimum Gasteiger partial charge on any atom is -0.207 e. The molecule has 19 heavy (non-hydrogen) atoms. The maximum atomic E-state index is 13.9. The Labute approximate surface area is 139 Å². The van der Waals surface area contributed by atoms with Crippen molar-refractivity contribution in [3.63, 3.8) is 0 Å². The number of hydrogen-bond acceptors (Lipinski definition) is 0. The van der Waals surface area contributed by atoms with E-state index in [2.05, 4.69) is 47.8 Å². The van der Waals surface area contributed by atoms with Crippen molar-refractivity contribution in [2.45, 2.75) is 5.38 Å². The summed E-state index contributed by atoms with van der Waals surface area (Å²) in [6, 6.07) is 7.55. The standard InChI is InChI=1S/C13H6Br3ClF2/c14-7-1-6(2-8(15)3-7)13(17)9-4-12(19)10(16)5-11(9)18/h1-5,13H. The summed E-state index contributed by atoms with van der Waals surface area (Å²) in [5.41, 5.74) is 0.774. The number of halogens is 6. The van der Waals surface area contributed by atoms with Gasteiger partial charge in [-0.3, -0.25) is 0 Å². The van der Waals surface area contributed by atoms with Gasteiger partial charge in [0.05, 0.1) is 9.85 Å². The van der Waals surface area contributed by atoms with Gasteiger partial charge in [0.1, 0.15) is 11.6 Å². The zero-order valence-electron chi connectivity index (χ0n) is 9.23. The Morgan fingerprint density at radius 3 is 2.00 bits per heavy atom. The fraction of sp³-hybridized carbons (Fsp3) is 0.0769. The topological polar surface area (TPSA) is 0 Å². The first-order valence-electron chi connectivity index (χ1n) is 5.13.